The van der Waals surface area contributed by atoms with Crippen LogP contribution in [0.1, 0.15) is 6.92 Å². The summed E-state index contributed by atoms with van der Waals surface area (Å²) in [5.41, 5.74) is 2.88. The Morgan fingerprint density at radius 3 is 2.83 bits per heavy atom. The molecule has 1 fully saturated rings. The molecule has 0 unspecified atom stereocenters. The normalized spacial score (nSPS) is 22.5. The summed E-state index contributed by atoms with van der Waals surface area (Å²) in [6.07, 6.45) is 0. The van der Waals surface area contributed by atoms with Gasteiger partial charge in [0.25, 0.3) is 5.91 Å². The molecule has 120 valence electrons. The van der Waals surface area contributed by atoms with E-state index >= 15 is 0 Å². The topological polar surface area (TPSA) is 97.3 Å². The van der Waals surface area contributed by atoms with Crippen molar-refractivity contribution in [3.8, 4) is 5.75 Å². The third kappa shape index (κ3) is 2.32. The van der Waals surface area contributed by atoms with Gasteiger partial charge < -0.3 is 9.47 Å². The molecule has 3 rings (SSSR count). The lowest BCUT2D eigenvalue weighted by molar-refractivity contribution is -0.136. The number of methoxy groups -OCH3 is 1. The lowest BCUT2D eigenvalue weighted by atomic mass is 9.99. The van der Waals surface area contributed by atoms with Crippen molar-refractivity contribution in [2.45, 2.75) is 13.0 Å². The number of benzene rings is 1. The number of carbonyl (C=O) groups is 3. The van der Waals surface area contributed by atoms with Gasteiger partial charge in [-0.1, -0.05) is 6.07 Å². The molecule has 0 radical (unpaired) electrons. The number of hydrogen-bond donors (Lipinski definition) is 1. The molecule has 1 N–H and O–H groups in total. The van der Waals surface area contributed by atoms with Gasteiger partial charge in [-0.15, -0.1) is 0 Å². The van der Waals surface area contributed by atoms with Gasteiger partial charge in [0.2, 0.25) is 5.91 Å². The van der Waals surface area contributed by atoms with Crippen LogP contribution in [0.15, 0.2) is 29.4 Å². The van der Waals surface area contributed by atoms with Crippen LogP contribution in [-0.4, -0.2) is 43.3 Å². The molecule has 8 nitrogen and oxygen atoms in total. The number of nitrogens with zero attached hydrogens (tertiary/aromatic N) is 2. The number of nitrogens with one attached hydrogen (secondary N) is 1. The van der Waals surface area contributed by atoms with E-state index in [1.807, 2.05) is 0 Å². The van der Waals surface area contributed by atoms with Gasteiger partial charge in [-0.2, -0.15) is 5.10 Å². The smallest absolute Gasteiger partial charge is 0.355 e. The van der Waals surface area contributed by atoms with Crippen LogP contribution in [0.5, 0.6) is 5.75 Å². The second-order valence-corrected chi connectivity index (χ2v) is 5.02. The Morgan fingerprint density at radius 1 is 1.35 bits per heavy atom. The van der Waals surface area contributed by atoms with Gasteiger partial charge in [-0.25, -0.2) is 9.69 Å². The van der Waals surface area contributed by atoms with Crippen molar-refractivity contribution in [3.63, 3.8) is 0 Å². The minimum Gasteiger partial charge on any atom is -0.497 e. The zero-order valence-corrected chi connectivity index (χ0v) is 12.6. The van der Waals surface area contributed by atoms with Gasteiger partial charge in [0.15, 0.2) is 5.71 Å². The van der Waals surface area contributed by atoms with Crippen LogP contribution in [0.3, 0.4) is 0 Å². The van der Waals surface area contributed by atoms with Gasteiger partial charge in [0.05, 0.1) is 19.4 Å². The van der Waals surface area contributed by atoms with Crippen LogP contribution in [-0.2, 0) is 19.1 Å². The first-order chi connectivity index (χ1) is 11.1. The molecule has 2 heterocycles. The molecule has 0 aliphatic carbocycles. The van der Waals surface area contributed by atoms with Gasteiger partial charge in [0.1, 0.15) is 17.7 Å². The number of carbonyl (C=O) groups excluding carboxylic acids is 3. The predicted octanol–water partition coefficient (Wildman–Crippen LogP) is 0.0755. The summed E-state index contributed by atoms with van der Waals surface area (Å²) in [5, 5.41) is 3.80. The molecule has 0 saturated carbocycles. The number of fused-ring (bicyclic) bond motifs is 1. The second kappa shape index (κ2) is 5.71. The minimum atomic E-state index is -0.965. The largest absolute Gasteiger partial charge is 0.497 e. The Labute approximate surface area is 132 Å². The zero-order valence-electron chi connectivity index (χ0n) is 12.6. The highest BCUT2D eigenvalue weighted by Crippen LogP contribution is 2.32. The van der Waals surface area contributed by atoms with Crippen LogP contribution in [0.4, 0.5) is 5.69 Å². The Balaban J connectivity index is 1.92. The standard InChI is InChI=1S/C15H15N3O5/c1-3-23-15(21)12-10-11(16-17-12)14(20)18(13(10)19)8-5-4-6-9(7-8)22-2/h4-7,10-11,16H,3H2,1-2H3/t10-,11+/m1/s1. The first-order valence-corrected chi connectivity index (χ1v) is 7.10. The number of imide groups is 1. The summed E-state index contributed by atoms with van der Waals surface area (Å²) in [6.45, 7) is 1.82. The summed E-state index contributed by atoms with van der Waals surface area (Å²) in [5.74, 6) is -2.11. The molecule has 23 heavy (non-hydrogen) atoms. The summed E-state index contributed by atoms with van der Waals surface area (Å²) in [7, 11) is 1.49. The second-order valence-electron chi connectivity index (χ2n) is 5.02. The van der Waals surface area contributed by atoms with Gasteiger partial charge >= 0.3 is 5.97 Å². The van der Waals surface area contributed by atoms with Crippen LogP contribution < -0.4 is 15.1 Å². The van der Waals surface area contributed by atoms with E-state index in [0.717, 1.165) is 4.90 Å². The SMILES string of the molecule is CCOC(=O)C1=NN[C@@H]2C(=O)N(c3cccc(OC)c3)C(=O)[C@@H]12. The number of ether oxygens (including phenoxy) is 2. The molecule has 8 heteroatoms. The first kappa shape index (κ1) is 15.0. The highest BCUT2D eigenvalue weighted by Gasteiger charge is 2.55. The van der Waals surface area contributed by atoms with E-state index in [9.17, 15) is 14.4 Å². The maximum absolute atomic E-state index is 12.7. The van der Waals surface area contributed by atoms with Gasteiger partial charge in [-0.3, -0.25) is 15.0 Å². The van der Waals surface area contributed by atoms with Gasteiger partial charge in [-0.05, 0) is 19.1 Å². The van der Waals surface area contributed by atoms with E-state index in [1.165, 1.54) is 7.11 Å². The van der Waals surface area contributed by atoms with Crippen LogP contribution in [0, 0.1) is 5.92 Å². The van der Waals surface area contributed by atoms with E-state index < -0.39 is 29.7 Å². The highest BCUT2D eigenvalue weighted by molar-refractivity contribution is 6.46. The van der Waals surface area contributed by atoms with Crippen LogP contribution in [0.2, 0.25) is 0 Å². The third-order valence-corrected chi connectivity index (χ3v) is 3.72. The summed E-state index contributed by atoms with van der Waals surface area (Å²) >= 11 is 0. The predicted molar refractivity (Wildman–Crippen MR) is 80.0 cm³/mol. The zero-order chi connectivity index (χ0) is 16.6. The number of hydrazone groups is 1. The molecule has 2 aliphatic heterocycles. The molecule has 0 aromatic heterocycles. The lowest BCUT2D eigenvalue weighted by Crippen LogP contribution is -2.36. The third-order valence-electron chi connectivity index (χ3n) is 3.72. The van der Waals surface area contributed by atoms with Crippen molar-refractivity contribution >= 4 is 29.2 Å². The van der Waals surface area contributed by atoms with Crippen molar-refractivity contribution in [1.29, 1.82) is 0 Å². The molecular weight excluding hydrogens is 302 g/mol. The van der Waals surface area contributed by atoms with Gasteiger partial charge in [0, 0.05) is 6.07 Å². The fourth-order valence-corrected chi connectivity index (χ4v) is 2.67. The average Bonchev–Trinajstić information content (AvgIpc) is 3.09. The average molecular weight is 317 g/mol. The van der Waals surface area contributed by atoms with Crippen molar-refractivity contribution in [1.82, 2.24) is 5.43 Å². The summed E-state index contributed by atoms with van der Waals surface area (Å²) in [6, 6.07) is 5.71. The molecule has 0 bridgehead atoms. The van der Waals surface area contributed by atoms with E-state index in [-0.39, 0.29) is 12.3 Å². The molecular formula is C15H15N3O5. The van der Waals surface area contributed by atoms with Crippen molar-refractivity contribution in [2.75, 3.05) is 18.6 Å². The Kier molecular flexibility index (Phi) is 3.73. The Morgan fingerprint density at radius 2 is 2.13 bits per heavy atom. The fourth-order valence-electron chi connectivity index (χ4n) is 2.67. The molecule has 2 atom stereocenters. The molecule has 2 amide bonds. The number of rotatable bonds is 4. The first-order valence-electron chi connectivity index (χ1n) is 7.10. The summed E-state index contributed by atoms with van der Waals surface area (Å²) < 4.78 is 9.99. The molecule has 0 spiro atoms. The Bertz CT molecular complexity index is 715. The van der Waals surface area contributed by atoms with Crippen molar-refractivity contribution < 1.29 is 23.9 Å². The number of anilines is 1. The Hall–Kier alpha value is -2.90. The van der Waals surface area contributed by atoms with E-state index in [0.29, 0.717) is 11.4 Å². The van der Waals surface area contributed by atoms with Crippen molar-refractivity contribution in [3.05, 3.63) is 24.3 Å². The van der Waals surface area contributed by atoms with Crippen molar-refractivity contribution in [2.24, 2.45) is 11.0 Å². The molecule has 1 aromatic carbocycles. The van der Waals surface area contributed by atoms with Crippen LogP contribution in [0.25, 0.3) is 0 Å². The highest BCUT2D eigenvalue weighted by atomic mass is 16.5. The molecule has 1 aromatic rings. The van der Waals surface area contributed by atoms with E-state index in [1.54, 1.807) is 31.2 Å². The monoisotopic (exact) mass is 317 g/mol. The molecule has 2 aliphatic rings. The summed E-state index contributed by atoms with van der Waals surface area (Å²) in [4.78, 5) is 38.1. The lowest BCUT2D eigenvalue weighted by Gasteiger charge is -2.16. The number of hydrogen-bond acceptors (Lipinski definition) is 7. The van der Waals surface area contributed by atoms with E-state index in [4.69, 9.17) is 9.47 Å². The van der Waals surface area contributed by atoms with E-state index in [2.05, 4.69) is 10.5 Å². The maximum Gasteiger partial charge on any atom is 0.355 e. The number of amides is 2. The minimum absolute atomic E-state index is 0.0689. The quantitative estimate of drug-likeness (QED) is 0.624. The maximum atomic E-state index is 12.7. The number of esters is 1. The van der Waals surface area contributed by atoms with Crippen LogP contribution >= 0.6 is 0 Å². The fraction of sp³-hybridized carbons (Fsp3) is 0.333. The molecule has 1 saturated heterocycles.